The van der Waals surface area contributed by atoms with Crippen LogP contribution in [0.4, 0.5) is 5.82 Å². The van der Waals surface area contributed by atoms with Crippen molar-refractivity contribution in [2.75, 3.05) is 11.9 Å². The molecule has 1 heterocycles. The molecule has 1 aromatic carbocycles. The molecule has 0 amide bonds. The molecule has 106 valence electrons. The van der Waals surface area contributed by atoms with E-state index in [9.17, 15) is 0 Å². The lowest BCUT2D eigenvalue weighted by molar-refractivity contribution is 0.104. The monoisotopic (exact) mass is 335 g/mol. The van der Waals surface area contributed by atoms with E-state index in [1.165, 1.54) is 0 Å². The van der Waals surface area contributed by atoms with Crippen molar-refractivity contribution in [2.24, 2.45) is 0 Å². The molecule has 0 radical (unpaired) electrons. The van der Waals surface area contributed by atoms with Crippen molar-refractivity contribution in [3.05, 3.63) is 52.4 Å². The van der Waals surface area contributed by atoms with Gasteiger partial charge in [-0.05, 0) is 24.1 Å². The highest BCUT2D eigenvalue weighted by atomic mass is 79.9. The average Bonchev–Trinajstić information content (AvgIpc) is 2.48. The van der Waals surface area contributed by atoms with Gasteiger partial charge in [-0.25, -0.2) is 4.98 Å². The van der Waals surface area contributed by atoms with Crippen molar-refractivity contribution in [1.82, 2.24) is 9.97 Å². The van der Waals surface area contributed by atoms with E-state index in [0.29, 0.717) is 13.2 Å². The highest BCUT2D eigenvalue weighted by Gasteiger charge is 1.99. The maximum absolute atomic E-state index is 5.63. The van der Waals surface area contributed by atoms with Crippen LogP contribution in [0.3, 0.4) is 0 Å². The summed E-state index contributed by atoms with van der Waals surface area (Å²) in [5.74, 6) is 0.809. The molecular formula is C15H18BrN3O. The first-order valence-electron chi connectivity index (χ1n) is 6.65. The maximum Gasteiger partial charge on any atom is 0.144 e. The van der Waals surface area contributed by atoms with E-state index in [4.69, 9.17) is 4.74 Å². The first-order valence-corrected chi connectivity index (χ1v) is 7.44. The fourth-order valence-corrected chi connectivity index (χ4v) is 1.89. The second-order valence-electron chi connectivity index (χ2n) is 4.44. The standard InChI is InChI=1S/C15H18BrN3O/c1-2-7-17-15-9-18-14(8-19-15)11-20-10-12-3-5-13(16)6-4-12/h3-6,8-9H,2,7,10-11H2,1H3,(H,17,19). The summed E-state index contributed by atoms with van der Waals surface area (Å²) < 4.78 is 6.70. The van der Waals surface area contributed by atoms with Crippen LogP contribution in [0.1, 0.15) is 24.6 Å². The van der Waals surface area contributed by atoms with Gasteiger partial charge in [-0.3, -0.25) is 4.98 Å². The van der Waals surface area contributed by atoms with Gasteiger partial charge in [0.1, 0.15) is 5.82 Å². The third-order valence-electron chi connectivity index (χ3n) is 2.69. The van der Waals surface area contributed by atoms with Gasteiger partial charge in [0.25, 0.3) is 0 Å². The third-order valence-corrected chi connectivity index (χ3v) is 3.22. The van der Waals surface area contributed by atoms with Crippen LogP contribution in [0.2, 0.25) is 0 Å². The Balaban J connectivity index is 1.77. The van der Waals surface area contributed by atoms with Gasteiger partial charge in [0.05, 0.1) is 31.3 Å². The molecule has 0 fully saturated rings. The molecular weight excluding hydrogens is 318 g/mol. The van der Waals surface area contributed by atoms with Crippen molar-refractivity contribution < 1.29 is 4.74 Å². The van der Waals surface area contributed by atoms with E-state index in [1.807, 2.05) is 24.3 Å². The van der Waals surface area contributed by atoms with Gasteiger partial charge in [0, 0.05) is 11.0 Å². The van der Waals surface area contributed by atoms with E-state index in [2.05, 4.69) is 38.1 Å². The fraction of sp³-hybridized carbons (Fsp3) is 0.333. The number of hydrogen-bond donors (Lipinski definition) is 1. The highest BCUT2D eigenvalue weighted by molar-refractivity contribution is 9.10. The van der Waals surface area contributed by atoms with Crippen LogP contribution < -0.4 is 5.32 Å². The molecule has 20 heavy (non-hydrogen) atoms. The number of ether oxygens (including phenoxy) is 1. The number of nitrogens with one attached hydrogen (secondary N) is 1. The van der Waals surface area contributed by atoms with E-state index in [-0.39, 0.29) is 0 Å². The summed E-state index contributed by atoms with van der Waals surface area (Å²) in [6, 6.07) is 8.08. The summed E-state index contributed by atoms with van der Waals surface area (Å²) in [7, 11) is 0. The number of aromatic nitrogens is 2. The van der Waals surface area contributed by atoms with Gasteiger partial charge < -0.3 is 10.1 Å². The van der Waals surface area contributed by atoms with Crippen molar-refractivity contribution in [3.8, 4) is 0 Å². The summed E-state index contributed by atoms with van der Waals surface area (Å²) >= 11 is 3.41. The van der Waals surface area contributed by atoms with Crippen LogP contribution in [0.25, 0.3) is 0 Å². The Morgan fingerprint density at radius 1 is 1.10 bits per heavy atom. The lowest BCUT2D eigenvalue weighted by Gasteiger charge is -2.06. The molecule has 0 spiro atoms. The van der Waals surface area contributed by atoms with Gasteiger partial charge in [-0.2, -0.15) is 0 Å². The first kappa shape index (κ1) is 14.9. The molecule has 0 saturated carbocycles. The number of halogens is 1. The molecule has 1 N–H and O–H groups in total. The Hall–Kier alpha value is -1.46. The minimum Gasteiger partial charge on any atom is -0.370 e. The lowest BCUT2D eigenvalue weighted by atomic mass is 10.2. The first-order chi connectivity index (χ1) is 9.78. The van der Waals surface area contributed by atoms with E-state index in [0.717, 1.165) is 34.5 Å². The second kappa shape index (κ2) is 7.97. The van der Waals surface area contributed by atoms with E-state index < -0.39 is 0 Å². The summed E-state index contributed by atoms with van der Waals surface area (Å²) in [5, 5.41) is 3.19. The molecule has 4 nitrogen and oxygen atoms in total. The number of rotatable bonds is 7. The van der Waals surface area contributed by atoms with E-state index >= 15 is 0 Å². The van der Waals surface area contributed by atoms with Crippen LogP contribution in [0.15, 0.2) is 41.1 Å². The Morgan fingerprint density at radius 3 is 2.55 bits per heavy atom. The molecule has 2 rings (SSSR count). The van der Waals surface area contributed by atoms with E-state index in [1.54, 1.807) is 12.4 Å². The van der Waals surface area contributed by atoms with Gasteiger partial charge in [-0.15, -0.1) is 0 Å². The van der Waals surface area contributed by atoms with Crippen LogP contribution in [-0.4, -0.2) is 16.5 Å². The second-order valence-corrected chi connectivity index (χ2v) is 5.35. The van der Waals surface area contributed by atoms with Gasteiger partial charge in [0.15, 0.2) is 0 Å². The summed E-state index contributed by atoms with van der Waals surface area (Å²) in [5.41, 5.74) is 1.98. The molecule has 0 bridgehead atoms. The van der Waals surface area contributed by atoms with Gasteiger partial charge in [-0.1, -0.05) is 35.0 Å². The molecule has 1 aromatic heterocycles. The topological polar surface area (TPSA) is 47.0 Å². The zero-order valence-corrected chi connectivity index (χ0v) is 13.1. The molecule has 0 atom stereocenters. The van der Waals surface area contributed by atoms with Crippen LogP contribution in [0, 0.1) is 0 Å². The van der Waals surface area contributed by atoms with Gasteiger partial charge in [0.2, 0.25) is 0 Å². The van der Waals surface area contributed by atoms with Crippen molar-refractivity contribution in [3.63, 3.8) is 0 Å². The zero-order valence-electron chi connectivity index (χ0n) is 11.5. The average molecular weight is 336 g/mol. The van der Waals surface area contributed by atoms with Gasteiger partial charge >= 0.3 is 0 Å². The number of nitrogens with zero attached hydrogens (tertiary/aromatic N) is 2. The van der Waals surface area contributed by atoms with Crippen LogP contribution in [0.5, 0.6) is 0 Å². The van der Waals surface area contributed by atoms with Crippen molar-refractivity contribution in [2.45, 2.75) is 26.6 Å². The lowest BCUT2D eigenvalue weighted by Crippen LogP contribution is -2.04. The maximum atomic E-state index is 5.63. The minimum absolute atomic E-state index is 0.469. The SMILES string of the molecule is CCCNc1cnc(COCc2ccc(Br)cc2)cn1. The molecule has 0 aliphatic rings. The van der Waals surface area contributed by atoms with Crippen LogP contribution in [-0.2, 0) is 18.0 Å². The quantitative estimate of drug-likeness (QED) is 0.836. The predicted molar refractivity (Wildman–Crippen MR) is 83.4 cm³/mol. The summed E-state index contributed by atoms with van der Waals surface area (Å²) in [6.45, 7) is 4.07. The van der Waals surface area contributed by atoms with Crippen LogP contribution >= 0.6 is 15.9 Å². The number of hydrogen-bond acceptors (Lipinski definition) is 4. The molecule has 0 saturated heterocycles. The largest absolute Gasteiger partial charge is 0.370 e. The molecule has 2 aromatic rings. The molecule has 0 aliphatic heterocycles. The Labute approximate surface area is 127 Å². The summed E-state index contributed by atoms with van der Waals surface area (Å²) in [4.78, 5) is 8.61. The smallest absolute Gasteiger partial charge is 0.144 e. The number of benzene rings is 1. The predicted octanol–water partition coefficient (Wildman–Crippen LogP) is 3.78. The molecule has 0 unspecified atom stereocenters. The Morgan fingerprint density at radius 2 is 1.90 bits per heavy atom. The summed E-state index contributed by atoms with van der Waals surface area (Å²) in [6.07, 6.45) is 4.56. The highest BCUT2D eigenvalue weighted by Crippen LogP contribution is 2.11. The third kappa shape index (κ3) is 4.90. The van der Waals surface area contributed by atoms with Crippen molar-refractivity contribution >= 4 is 21.7 Å². The molecule has 5 heteroatoms. The number of anilines is 1. The van der Waals surface area contributed by atoms with Crippen molar-refractivity contribution in [1.29, 1.82) is 0 Å². The fourth-order valence-electron chi connectivity index (χ4n) is 1.63. The Kier molecular flexibility index (Phi) is 5.95. The molecule has 0 aliphatic carbocycles. The zero-order chi connectivity index (χ0) is 14.2. The minimum atomic E-state index is 0.469. The Bertz CT molecular complexity index is 514. The normalized spacial score (nSPS) is 10.5.